The van der Waals surface area contributed by atoms with Crippen LogP contribution < -0.4 is 10.1 Å². The van der Waals surface area contributed by atoms with E-state index in [0.29, 0.717) is 0 Å². The molecule has 0 radical (unpaired) electrons. The molecule has 2 rings (SSSR count). The highest BCUT2D eigenvalue weighted by molar-refractivity contribution is 7.13. The fourth-order valence-electron chi connectivity index (χ4n) is 1.59. The molecule has 0 atom stereocenters. The summed E-state index contributed by atoms with van der Waals surface area (Å²) in [5.41, 5.74) is 1.75. The maximum atomic E-state index is 11.4. The summed E-state index contributed by atoms with van der Waals surface area (Å²) in [6.07, 6.45) is 8.15. The Labute approximate surface area is 127 Å². The third-order valence-electron chi connectivity index (χ3n) is 2.63. The number of nitrogens with one attached hydrogen (secondary N) is 1. The van der Waals surface area contributed by atoms with Crippen molar-refractivity contribution < 1.29 is 9.53 Å². The molecule has 4 nitrogen and oxygen atoms in total. The van der Waals surface area contributed by atoms with E-state index in [1.54, 1.807) is 13.2 Å². The zero-order valence-corrected chi connectivity index (χ0v) is 12.3. The molecule has 106 valence electrons. The monoisotopic (exact) mass is 298 g/mol. The molecule has 21 heavy (non-hydrogen) atoms. The number of hydrogen-bond donors (Lipinski definition) is 1. The Hall–Kier alpha value is -2.58. The van der Waals surface area contributed by atoms with Crippen molar-refractivity contribution >= 4 is 23.3 Å². The van der Waals surface area contributed by atoms with Crippen molar-refractivity contribution in [2.24, 2.45) is 0 Å². The minimum Gasteiger partial charge on any atom is -0.497 e. The lowest BCUT2D eigenvalue weighted by Crippen LogP contribution is -2.20. The van der Waals surface area contributed by atoms with Gasteiger partial charge in [0.1, 0.15) is 10.8 Å². The summed E-state index contributed by atoms with van der Waals surface area (Å²) >= 11 is 1.52. The van der Waals surface area contributed by atoms with Crippen LogP contribution in [0.4, 0.5) is 0 Å². The molecule has 0 bridgehead atoms. The number of carbonyl (C=O) groups excluding carboxylic acids is 1. The lowest BCUT2D eigenvalue weighted by Gasteiger charge is -1.99. The molecular formula is C16H14N2O2S. The first kappa shape index (κ1) is 14.8. The molecule has 0 fully saturated rings. The van der Waals surface area contributed by atoms with Gasteiger partial charge >= 0.3 is 0 Å². The van der Waals surface area contributed by atoms with Crippen LogP contribution in [-0.4, -0.2) is 24.5 Å². The van der Waals surface area contributed by atoms with Crippen LogP contribution in [0.3, 0.4) is 0 Å². The molecule has 1 aromatic heterocycles. The largest absolute Gasteiger partial charge is 0.497 e. The van der Waals surface area contributed by atoms with E-state index in [-0.39, 0.29) is 12.5 Å². The summed E-state index contributed by atoms with van der Waals surface area (Å²) in [6, 6.07) is 7.68. The fourth-order valence-corrected chi connectivity index (χ4v) is 2.38. The molecule has 0 aliphatic carbocycles. The molecule has 1 heterocycles. The van der Waals surface area contributed by atoms with Crippen molar-refractivity contribution in [3.8, 4) is 28.7 Å². The lowest BCUT2D eigenvalue weighted by molar-refractivity contribution is -0.116. The maximum absolute atomic E-state index is 11.4. The van der Waals surface area contributed by atoms with Gasteiger partial charge in [-0.3, -0.25) is 4.79 Å². The Bertz CT molecular complexity index is 681. The summed E-state index contributed by atoms with van der Waals surface area (Å²) in [4.78, 5) is 15.8. The van der Waals surface area contributed by atoms with Crippen LogP contribution in [0.2, 0.25) is 0 Å². The zero-order valence-electron chi connectivity index (χ0n) is 11.5. The second-order valence-corrected chi connectivity index (χ2v) is 4.92. The highest BCUT2D eigenvalue weighted by atomic mass is 32.1. The predicted molar refractivity (Wildman–Crippen MR) is 85.0 cm³/mol. The van der Waals surface area contributed by atoms with E-state index in [1.165, 1.54) is 17.4 Å². The van der Waals surface area contributed by atoms with Gasteiger partial charge in [-0.15, -0.1) is 17.8 Å². The molecule has 2 aromatic rings. The standard InChI is InChI=1S/C16H14N2O2S/c1-3-10-17-15(19)9-6-13-11-21-16(18-13)12-4-7-14(20-2)8-5-12/h1,4-9,11H,10H2,2H3,(H,17,19). The number of ether oxygens (including phenoxy) is 1. The number of rotatable bonds is 5. The van der Waals surface area contributed by atoms with Crippen LogP contribution in [-0.2, 0) is 4.79 Å². The van der Waals surface area contributed by atoms with Gasteiger partial charge < -0.3 is 10.1 Å². The molecule has 1 aromatic carbocycles. The van der Waals surface area contributed by atoms with Crippen molar-refractivity contribution in [3.05, 3.63) is 41.4 Å². The minimum atomic E-state index is -0.230. The summed E-state index contributed by atoms with van der Waals surface area (Å²) in [5.74, 6) is 2.92. The lowest BCUT2D eigenvalue weighted by atomic mass is 10.2. The summed E-state index contributed by atoms with van der Waals surface area (Å²) in [7, 11) is 1.63. The zero-order chi connectivity index (χ0) is 15.1. The Morgan fingerprint density at radius 2 is 2.24 bits per heavy atom. The molecule has 0 saturated heterocycles. The first-order valence-electron chi connectivity index (χ1n) is 6.22. The van der Waals surface area contributed by atoms with Crippen LogP contribution in [0, 0.1) is 12.3 Å². The number of methoxy groups -OCH3 is 1. The molecule has 1 N–H and O–H groups in total. The van der Waals surface area contributed by atoms with Gasteiger partial charge in [0.2, 0.25) is 5.91 Å². The third kappa shape index (κ3) is 4.20. The first-order chi connectivity index (χ1) is 10.2. The summed E-state index contributed by atoms with van der Waals surface area (Å²) < 4.78 is 5.12. The highest BCUT2D eigenvalue weighted by Crippen LogP contribution is 2.25. The van der Waals surface area contributed by atoms with Crippen LogP contribution >= 0.6 is 11.3 Å². The number of benzene rings is 1. The van der Waals surface area contributed by atoms with E-state index in [9.17, 15) is 4.79 Å². The van der Waals surface area contributed by atoms with Gasteiger partial charge in [-0.05, 0) is 30.3 Å². The average Bonchev–Trinajstić information content (AvgIpc) is 3.00. The molecule has 0 saturated carbocycles. The number of terminal acetylenes is 1. The van der Waals surface area contributed by atoms with Gasteiger partial charge in [0, 0.05) is 17.0 Å². The highest BCUT2D eigenvalue weighted by Gasteiger charge is 2.03. The molecule has 1 amide bonds. The van der Waals surface area contributed by atoms with Crippen LogP contribution in [0.1, 0.15) is 5.69 Å². The number of thiazole rings is 1. The molecule has 0 unspecified atom stereocenters. The van der Waals surface area contributed by atoms with Crippen molar-refractivity contribution in [1.82, 2.24) is 10.3 Å². The van der Waals surface area contributed by atoms with E-state index >= 15 is 0 Å². The van der Waals surface area contributed by atoms with Crippen molar-refractivity contribution in [2.45, 2.75) is 0 Å². The maximum Gasteiger partial charge on any atom is 0.244 e. The van der Waals surface area contributed by atoms with Gasteiger partial charge in [-0.2, -0.15) is 0 Å². The predicted octanol–water partition coefficient (Wildman–Crippen LogP) is 2.58. The van der Waals surface area contributed by atoms with E-state index < -0.39 is 0 Å². The van der Waals surface area contributed by atoms with Crippen LogP contribution in [0.15, 0.2) is 35.7 Å². The minimum absolute atomic E-state index is 0.220. The van der Waals surface area contributed by atoms with E-state index in [4.69, 9.17) is 11.2 Å². The van der Waals surface area contributed by atoms with Crippen molar-refractivity contribution in [1.29, 1.82) is 0 Å². The van der Waals surface area contributed by atoms with E-state index in [2.05, 4.69) is 16.2 Å². The Morgan fingerprint density at radius 3 is 2.90 bits per heavy atom. The van der Waals surface area contributed by atoms with Crippen LogP contribution in [0.5, 0.6) is 5.75 Å². The van der Waals surface area contributed by atoms with Crippen molar-refractivity contribution in [2.75, 3.05) is 13.7 Å². The number of carbonyl (C=O) groups is 1. The quantitative estimate of drug-likeness (QED) is 0.682. The topological polar surface area (TPSA) is 51.2 Å². The molecule has 0 aliphatic heterocycles. The van der Waals surface area contributed by atoms with E-state index in [0.717, 1.165) is 22.0 Å². The van der Waals surface area contributed by atoms with Gasteiger partial charge in [-0.1, -0.05) is 5.92 Å². The van der Waals surface area contributed by atoms with Gasteiger partial charge in [-0.25, -0.2) is 4.98 Å². The van der Waals surface area contributed by atoms with Crippen LogP contribution in [0.25, 0.3) is 16.6 Å². The molecular weight excluding hydrogens is 284 g/mol. The van der Waals surface area contributed by atoms with Gasteiger partial charge in [0.05, 0.1) is 19.3 Å². The SMILES string of the molecule is C#CCNC(=O)C=Cc1csc(-c2ccc(OC)cc2)n1. The fraction of sp³-hybridized carbons (Fsp3) is 0.125. The normalized spacial score (nSPS) is 10.3. The number of hydrogen-bond acceptors (Lipinski definition) is 4. The van der Waals surface area contributed by atoms with Gasteiger partial charge in [0.15, 0.2) is 0 Å². The Kier molecular flexibility index (Phi) is 5.13. The Balaban J connectivity index is 2.05. The van der Waals surface area contributed by atoms with Gasteiger partial charge in [0.25, 0.3) is 0 Å². The smallest absolute Gasteiger partial charge is 0.244 e. The summed E-state index contributed by atoms with van der Waals surface area (Å²) in [5, 5.41) is 5.34. The van der Waals surface area contributed by atoms with Crippen molar-refractivity contribution in [3.63, 3.8) is 0 Å². The summed E-state index contributed by atoms with van der Waals surface area (Å²) in [6.45, 7) is 0.220. The average molecular weight is 298 g/mol. The molecule has 0 aliphatic rings. The number of amides is 1. The van der Waals surface area contributed by atoms with E-state index in [1.807, 2.05) is 29.6 Å². The first-order valence-corrected chi connectivity index (χ1v) is 7.10. The third-order valence-corrected chi connectivity index (χ3v) is 3.54. The molecule has 5 heteroatoms. The second kappa shape index (κ2) is 7.27. The number of aromatic nitrogens is 1. The molecule has 0 spiro atoms. The number of nitrogens with zero attached hydrogens (tertiary/aromatic N) is 1. The second-order valence-electron chi connectivity index (χ2n) is 4.06. The Morgan fingerprint density at radius 1 is 1.48 bits per heavy atom.